The molecule has 2 heterocycles. The van der Waals surface area contributed by atoms with Gasteiger partial charge in [-0.3, -0.25) is 4.90 Å². The van der Waals surface area contributed by atoms with Crippen LogP contribution in [-0.4, -0.2) is 27.5 Å². The molecule has 2 aromatic rings. The molecule has 0 bridgehead atoms. The van der Waals surface area contributed by atoms with E-state index in [1.807, 2.05) is 0 Å². The van der Waals surface area contributed by atoms with Crippen molar-refractivity contribution in [3.63, 3.8) is 0 Å². The summed E-state index contributed by atoms with van der Waals surface area (Å²) in [4.78, 5) is 7.18. The van der Waals surface area contributed by atoms with Crippen molar-refractivity contribution in [2.45, 2.75) is 32.9 Å². The van der Waals surface area contributed by atoms with Crippen LogP contribution in [0.25, 0.3) is 11.0 Å². The van der Waals surface area contributed by atoms with Crippen LogP contribution in [0.5, 0.6) is 0 Å². The molecule has 1 aliphatic rings. The van der Waals surface area contributed by atoms with Gasteiger partial charge in [0.1, 0.15) is 5.82 Å². The molecule has 1 aliphatic heterocycles. The third kappa shape index (κ3) is 2.05. The summed E-state index contributed by atoms with van der Waals surface area (Å²) >= 11 is 0. The van der Waals surface area contributed by atoms with Gasteiger partial charge in [-0.05, 0) is 23.3 Å². The number of nitrogens with two attached hydrogens (primary N) is 1. The van der Waals surface area contributed by atoms with Gasteiger partial charge < -0.3 is 10.3 Å². The van der Waals surface area contributed by atoms with Crippen LogP contribution in [0.3, 0.4) is 0 Å². The predicted octanol–water partition coefficient (Wildman–Crippen LogP) is 1.97. The molecule has 102 valence electrons. The summed E-state index contributed by atoms with van der Waals surface area (Å²) in [5, 5.41) is 0. The number of hydrogen-bond acceptors (Lipinski definition) is 3. The standard InChI is InChI=1S/C15H22N4/c1-10(2)15-17-13-6-11-8-19(5-4-16)9-12(11)7-14(13)18(15)3/h6-7,10H,4-5,8-9,16H2,1-3H3. The summed E-state index contributed by atoms with van der Waals surface area (Å²) in [6.07, 6.45) is 0. The summed E-state index contributed by atoms with van der Waals surface area (Å²) in [7, 11) is 2.11. The Bertz CT molecular complexity index is 612. The lowest BCUT2D eigenvalue weighted by Crippen LogP contribution is -2.24. The molecule has 4 nitrogen and oxygen atoms in total. The minimum Gasteiger partial charge on any atom is -0.331 e. The molecule has 0 aliphatic carbocycles. The number of nitrogens with zero attached hydrogens (tertiary/aromatic N) is 3. The van der Waals surface area contributed by atoms with E-state index in [1.165, 1.54) is 16.6 Å². The van der Waals surface area contributed by atoms with Crippen molar-refractivity contribution in [2.75, 3.05) is 13.1 Å². The highest BCUT2D eigenvalue weighted by molar-refractivity contribution is 5.78. The molecule has 3 rings (SSSR count). The summed E-state index contributed by atoms with van der Waals surface area (Å²) in [6.45, 7) is 8.11. The third-order valence-electron chi connectivity index (χ3n) is 3.99. The normalized spacial score (nSPS) is 15.6. The van der Waals surface area contributed by atoms with Gasteiger partial charge in [-0.15, -0.1) is 0 Å². The summed E-state index contributed by atoms with van der Waals surface area (Å²) in [5.74, 6) is 1.62. The highest BCUT2D eigenvalue weighted by Gasteiger charge is 2.21. The number of imidazole rings is 1. The minimum atomic E-state index is 0.459. The number of rotatable bonds is 3. The first-order chi connectivity index (χ1) is 9.10. The van der Waals surface area contributed by atoms with Crippen molar-refractivity contribution in [1.82, 2.24) is 14.5 Å². The average Bonchev–Trinajstić information content (AvgIpc) is 2.88. The van der Waals surface area contributed by atoms with E-state index in [0.29, 0.717) is 5.92 Å². The zero-order chi connectivity index (χ0) is 13.6. The molecule has 0 unspecified atom stereocenters. The quantitative estimate of drug-likeness (QED) is 0.915. The maximum atomic E-state index is 5.64. The van der Waals surface area contributed by atoms with E-state index in [4.69, 9.17) is 10.7 Å². The van der Waals surface area contributed by atoms with E-state index in [1.54, 1.807) is 0 Å². The number of aromatic nitrogens is 2. The van der Waals surface area contributed by atoms with Gasteiger partial charge >= 0.3 is 0 Å². The Hall–Kier alpha value is -1.39. The fourth-order valence-corrected chi connectivity index (χ4v) is 3.03. The van der Waals surface area contributed by atoms with Crippen molar-refractivity contribution in [2.24, 2.45) is 12.8 Å². The molecular formula is C15H22N4. The first-order valence-electron chi connectivity index (χ1n) is 7.00. The lowest BCUT2D eigenvalue weighted by atomic mass is 10.1. The Morgan fingerprint density at radius 3 is 2.58 bits per heavy atom. The second-order valence-corrected chi connectivity index (χ2v) is 5.79. The van der Waals surface area contributed by atoms with Crippen molar-refractivity contribution in [3.05, 3.63) is 29.1 Å². The molecule has 0 fully saturated rings. The van der Waals surface area contributed by atoms with Gasteiger partial charge in [0, 0.05) is 39.1 Å². The molecule has 0 radical (unpaired) electrons. The molecule has 0 atom stereocenters. The van der Waals surface area contributed by atoms with Crippen LogP contribution in [0.15, 0.2) is 12.1 Å². The Morgan fingerprint density at radius 2 is 1.95 bits per heavy atom. The molecular weight excluding hydrogens is 236 g/mol. The van der Waals surface area contributed by atoms with Crippen molar-refractivity contribution in [3.8, 4) is 0 Å². The third-order valence-corrected chi connectivity index (χ3v) is 3.99. The summed E-state index contributed by atoms with van der Waals surface area (Å²) in [5.41, 5.74) is 10.9. The number of aryl methyl sites for hydroxylation is 1. The van der Waals surface area contributed by atoms with Crippen molar-refractivity contribution < 1.29 is 0 Å². The van der Waals surface area contributed by atoms with Gasteiger partial charge in [-0.1, -0.05) is 13.8 Å². The van der Waals surface area contributed by atoms with Crippen LogP contribution < -0.4 is 5.73 Å². The summed E-state index contributed by atoms with van der Waals surface area (Å²) in [6, 6.07) is 4.56. The molecule has 2 N–H and O–H groups in total. The molecule has 19 heavy (non-hydrogen) atoms. The Morgan fingerprint density at radius 1 is 1.26 bits per heavy atom. The van der Waals surface area contributed by atoms with Gasteiger partial charge in [-0.25, -0.2) is 4.98 Å². The van der Waals surface area contributed by atoms with E-state index in [2.05, 4.69) is 42.5 Å². The molecule has 0 saturated heterocycles. The Labute approximate surface area is 114 Å². The van der Waals surface area contributed by atoms with E-state index in [0.717, 1.165) is 37.5 Å². The van der Waals surface area contributed by atoms with Gasteiger partial charge in [0.2, 0.25) is 0 Å². The lowest BCUT2D eigenvalue weighted by molar-refractivity contribution is 0.293. The first-order valence-corrected chi connectivity index (χ1v) is 7.00. The fourth-order valence-electron chi connectivity index (χ4n) is 3.03. The first kappa shape index (κ1) is 12.6. The average molecular weight is 258 g/mol. The molecule has 0 amide bonds. The second-order valence-electron chi connectivity index (χ2n) is 5.79. The molecule has 0 spiro atoms. The topological polar surface area (TPSA) is 47.1 Å². The van der Waals surface area contributed by atoms with Crippen LogP contribution in [0.2, 0.25) is 0 Å². The van der Waals surface area contributed by atoms with Gasteiger partial charge in [0.15, 0.2) is 0 Å². The van der Waals surface area contributed by atoms with E-state index < -0.39 is 0 Å². The maximum Gasteiger partial charge on any atom is 0.112 e. The SMILES string of the molecule is CC(C)c1nc2cc3c(cc2n1C)CN(CCN)C3. The van der Waals surface area contributed by atoms with Gasteiger partial charge in [-0.2, -0.15) is 0 Å². The van der Waals surface area contributed by atoms with Gasteiger partial charge in [0.25, 0.3) is 0 Å². The predicted molar refractivity (Wildman–Crippen MR) is 78.0 cm³/mol. The van der Waals surface area contributed by atoms with Crippen LogP contribution >= 0.6 is 0 Å². The van der Waals surface area contributed by atoms with Gasteiger partial charge in [0.05, 0.1) is 11.0 Å². The fraction of sp³-hybridized carbons (Fsp3) is 0.533. The number of benzene rings is 1. The lowest BCUT2D eigenvalue weighted by Gasteiger charge is -2.11. The van der Waals surface area contributed by atoms with Crippen LogP contribution in [-0.2, 0) is 20.1 Å². The van der Waals surface area contributed by atoms with E-state index in [-0.39, 0.29) is 0 Å². The minimum absolute atomic E-state index is 0.459. The smallest absolute Gasteiger partial charge is 0.112 e. The van der Waals surface area contributed by atoms with Crippen LogP contribution in [0.1, 0.15) is 36.7 Å². The molecule has 1 aromatic carbocycles. The van der Waals surface area contributed by atoms with E-state index in [9.17, 15) is 0 Å². The van der Waals surface area contributed by atoms with E-state index >= 15 is 0 Å². The Kier molecular flexibility index (Phi) is 3.07. The van der Waals surface area contributed by atoms with Crippen LogP contribution in [0, 0.1) is 0 Å². The zero-order valence-electron chi connectivity index (χ0n) is 12.0. The second kappa shape index (κ2) is 4.62. The molecule has 4 heteroatoms. The largest absolute Gasteiger partial charge is 0.331 e. The Balaban J connectivity index is 2.04. The number of fused-ring (bicyclic) bond motifs is 2. The van der Waals surface area contributed by atoms with Crippen LogP contribution in [0.4, 0.5) is 0 Å². The van der Waals surface area contributed by atoms with Crippen molar-refractivity contribution >= 4 is 11.0 Å². The molecule has 0 saturated carbocycles. The highest BCUT2D eigenvalue weighted by Crippen LogP contribution is 2.29. The zero-order valence-corrected chi connectivity index (χ0v) is 12.0. The highest BCUT2D eigenvalue weighted by atomic mass is 15.1. The number of hydrogen-bond donors (Lipinski definition) is 1. The molecule has 1 aromatic heterocycles. The van der Waals surface area contributed by atoms with Crippen molar-refractivity contribution in [1.29, 1.82) is 0 Å². The monoisotopic (exact) mass is 258 g/mol. The maximum absolute atomic E-state index is 5.64. The summed E-state index contributed by atoms with van der Waals surface area (Å²) < 4.78 is 2.23.